The average molecular weight is 286 g/mol. The standard InChI is InChI=1S/C14H20ClNO3/c1-5-19-13(17)9-11(16(2)3)14-10(15)7-6-8-12(14)18-4/h6-8,11H,5,9H2,1-4H3. The van der Waals surface area contributed by atoms with E-state index in [2.05, 4.69) is 0 Å². The first kappa shape index (κ1) is 15.8. The van der Waals surface area contributed by atoms with Crippen LogP contribution in [0.3, 0.4) is 0 Å². The minimum absolute atomic E-state index is 0.178. The third-order valence-corrected chi connectivity index (χ3v) is 3.18. The summed E-state index contributed by atoms with van der Waals surface area (Å²) in [6, 6.07) is 5.27. The van der Waals surface area contributed by atoms with E-state index in [-0.39, 0.29) is 18.4 Å². The monoisotopic (exact) mass is 285 g/mol. The van der Waals surface area contributed by atoms with E-state index in [0.29, 0.717) is 17.4 Å². The van der Waals surface area contributed by atoms with Gasteiger partial charge >= 0.3 is 5.97 Å². The second-order valence-corrected chi connectivity index (χ2v) is 4.75. The molecule has 0 saturated heterocycles. The summed E-state index contributed by atoms with van der Waals surface area (Å²) in [6.45, 7) is 2.16. The zero-order valence-corrected chi connectivity index (χ0v) is 12.5. The molecule has 0 heterocycles. The number of hydrogen-bond acceptors (Lipinski definition) is 4. The number of hydrogen-bond donors (Lipinski definition) is 0. The van der Waals surface area contributed by atoms with Crippen molar-refractivity contribution in [1.29, 1.82) is 0 Å². The molecule has 0 radical (unpaired) electrons. The zero-order chi connectivity index (χ0) is 14.4. The van der Waals surface area contributed by atoms with Gasteiger partial charge in [0.15, 0.2) is 0 Å². The van der Waals surface area contributed by atoms with Gasteiger partial charge in [-0.25, -0.2) is 0 Å². The van der Waals surface area contributed by atoms with Crippen molar-refractivity contribution in [3.8, 4) is 5.75 Å². The lowest BCUT2D eigenvalue weighted by atomic mass is 10.0. The zero-order valence-electron chi connectivity index (χ0n) is 11.8. The van der Waals surface area contributed by atoms with Gasteiger partial charge < -0.3 is 14.4 Å². The molecular weight excluding hydrogens is 266 g/mol. The lowest BCUT2D eigenvalue weighted by Crippen LogP contribution is -2.24. The van der Waals surface area contributed by atoms with Crippen LogP contribution in [-0.2, 0) is 9.53 Å². The minimum atomic E-state index is -0.247. The number of nitrogens with zero attached hydrogens (tertiary/aromatic N) is 1. The summed E-state index contributed by atoms with van der Waals surface area (Å²) in [4.78, 5) is 13.6. The van der Waals surface area contributed by atoms with Gasteiger partial charge in [0.2, 0.25) is 0 Å². The van der Waals surface area contributed by atoms with Gasteiger partial charge in [-0.3, -0.25) is 4.79 Å². The molecule has 1 atom stereocenters. The maximum atomic E-state index is 11.7. The number of carbonyl (C=O) groups excluding carboxylic acids is 1. The SMILES string of the molecule is CCOC(=O)CC(c1c(Cl)cccc1OC)N(C)C. The van der Waals surface area contributed by atoms with E-state index in [1.54, 1.807) is 20.1 Å². The highest BCUT2D eigenvalue weighted by Crippen LogP contribution is 2.36. The molecule has 4 nitrogen and oxygen atoms in total. The Labute approximate surface area is 119 Å². The van der Waals surface area contributed by atoms with Gasteiger partial charge in [-0.05, 0) is 33.2 Å². The van der Waals surface area contributed by atoms with Crippen molar-refractivity contribution in [3.05, 3.63) is 28.8 Å². The Morgan fingerprint density at radius 2 is 2.11 bits per heavy atom. The van der Waals surface area contributed by atoms with E-state index in [0.717, 1.165) is 5.56 Å². The van der Waals surface area contributed by atoms with Crippen molar-refractivity contribution >= 4 is 17.6 Å². The van der Waals surface area contributed by atoms with Gasteiger partial charge in [-0.1, -0.05) is 17.7 Å². The Morgan fingerprint density at radius 1 is 1.42 bits per heavy atom. The fourth-order valence-electron chi connectivity index (χ4n) is 1.94. The second-order valence-electron chi connectivity index (χ2n) is 4.34. The Morgan fingerprint density at radius 3 is 2.63 bits per heavy atom. The Kier molecular flexibility index (Phi) is 6.12. The van der Waals surface area contributed by atoms with Crippen LogP contribution in [-0.4, -0.2) is 38.7 Å². The van der Waals surface area contributed by atoms with E-state index in [1.165, 1.54) is 0 Å². The number of esters is 1. The van der Waals surface area contributed by atoms with Crippen molar-refractivity contribution in [1.82, 2.24) is 4.90 Å². The first-order valence-corrected chi connectivity index (χ1v) is 6.53. The molecule has 106 valence electrons. The van der Waals surface area contributed by atoms with Gasteiger partial charge in [0.05, 0.1) is 20.1 Å². The van der Waals surface area contributed by atoms with Crippen molar-refractivity contribution in [2.45, 2.75) is 19.4 Å². The van der Waals surface area contributed by atoms with Crippen LogP contribution in [0, 0.1) is 0 Å². The molecule has 1 rings (SSSR count). The van der Waals surface area contributed by atoms with Crippen LogP contribution >= 0.6 is 11.6 Å². The quantitative estimate of drug-likeness (QED) is 0.754. The normalized spacial score (nSPS) is 12.3. The van der Waals surface area contributed by atoms with Crippen LogP contribution in [0.1, 0.15) is 24.9 Å². The first-order chi connectivity index (χ1) is 9.01. The maximum Gasteiger partial charge on any atom is 0.307 e. The molecule has 0 amide bonds. The highest BCUT2D eigenvalue weighted by atomic mass is 35.5. The summed E-state index contributed by atoms with van der Waals surface area (Å²) in [5.41, 5.74) is 0.810. The van der Waals surface area contributed by atoms with E-state index in [4.69, 9.17) is 21.1 Å². The molecule has 0 aliphatic heterocycles. The van der Waals surface area contributed by atoms with Gasteiger partial charge in [-0.15, -0.1) is 0 Å². The molecule has 0 aliphatic carbocycles. The molecule has 0 aromatic heterocycles. The Bertz CT molecular complexity index is 435. The lowest BCUT2D eigenvalue weighted by Gasteiger charge is -2.26. The van der Waals surface area contributed by atoms with Crippen LogP contribution in [0.25, 0.3) is 0 Å². The summed E-state index contributed by atoms with van der Waals surface area (Å²) >= 11 is 6.25. The summed E-state index contributed by atoms with van der Waals surface area (Å²) in [7, 11) is 5.38. The lowest BCUT2D eigenvalue weighted by molar-refractivity contribution is -0.144. The Hall–Kier alpha value is -1.26. The molecule has 5 heteroatoms. The third-order valence-electron chi connectivity index (χ3n) is 2.85. The van der Waals surface area contributed by atoms with Crippen LogP contribution in [0.15, 0.2) is 18.2 Å². The summed E-state index contributed by atoms with van der Waals surface area (Å²) in [5, 5.41) is 0.586. The highest BCUT2D eigenvalue weighted by molar-refractivity contribution is 6.31. The van der Waals surface area contributed by atoms with Gasteiger partial charge in [-0.2, -0.15) is 0 Å². The largest absolute Gasteiger partial charge is 0.496 e. The minimum Gasteiger partial charge on any atom is -0.496 e. The van der Waals surface area contributed by atoms with Gasteiger partial charge in [0.1, 0.15) is 5.75 Å². The number of halogens is 1. The summed E-state index contributed by atoms with van der Waals surface area (Å²) in [5.74, 6) is 0.429. The Balaban J connectivity index is 3.09. The van der Waals surface area contributed by atoms with Crippen molar-refractivity contribution in [2.75, 3.05) is 27.8 Å². The average Bonchev–Trinajstić information content (AvgIpc) is 2.36. The molecule has 1 aromatic rings. The summed E-state index contributed by atoms with van der Waals surface area (Å²) < 4.78 is 10.3. The molecular formula is C14H20ClNO3. The number of rotatable bonds is 6. The van der Waals surface area contributed by atoms with Crippen molar-refractivity contribution in [3.63, 3.8) is 0 Å². The predicted octanol–water partition coefficient (Wildman–Crippen LogP) is 2.90. The highest BCUT2D eigenvalue weighted by Gasteiger charge is 2.24. The smallest absolute Gasteiger partial charge is 0.307 e. The molecule has 0 bridgehead atoms. The molecule has 1 unspecified atom stereocenters. The first-order valence-electron chi connectivity index (χ1n) is 6.15. The van der Waals surface area contributed by atoms with Crippen LogP contribution in [0.5, 0.6) is 5.75 Å². The second kappa shape index (κ2) is 7.36. The molecule has 0 spiro atoms. The van der Waals surface area contributed by atoms with E-state index >= 15 is 0 Å². The third kappa shape index (κ3) is 4.11. The van der Waals surface area contributed by atoms with E-state index in [1.807, 2.05) is 31.1 Å². The van der Waals surface area contributed by atoms with E-state index in [9.17, 15) is 4.79 Å². The molecule has 0 N–H and O–H groups in total. The molecule has 19 heavy (non-hydrogen) atoms. The van der Waals surface area contributed by atoms with Crippen molar-refractivity contribution in [2.24, 2.45) is 0 Å². The number of methoxy groups -OCH3 is 1. The molecule has 1 aromatic carbocycles. The molecule has 0 aliphatic rings. The topological polar surface area (TPSA) is 38.8 Å². The number of ether oxygens (including phenoxy) is 2. The maximum absolute atomic E-state index is 11.7. The molecule has 0 saturated carbocycles. The van der Waals surface area contributed by atoms with Gasteiger partial charge in [0, 0.05) is 16.6 Å². The fraction of sp³-hybridized carbons (Fsp3) is 0.500. The van der Waals surface area contributed by atoms with Crippen LogP contribution < -0.4 is 4.74 Å². The van der Waals surface area contributed by atoms with Crippen LogP contribution in [0.4, 0.5) is 0 Å². The van der Waals surface area contributed by atoms with E-state index < -0.39 is 0 Å². The van der Waals surface area contributed by atoms with Gasteiger partial charge in [0.25, 0.3) is 0 Å². The van der Waals surface area contributed by atoms with Crippen molar-refractivity contribution < 1.29 is 14.3 Å². The van der Waals surface area contributed by atoms with Crippen LogP contribution in [0.2, 0.25) is 5.02 Å². The predicted molar refractivity (Wildman–Crippen MR) is 75.7 cm³/mol. The molecule has 0 fully saturated rings. The fourth-order valence-corrected chi connectivity index (χ4v) is 2.23. The summed E-state index contributed by atoms with van der Waals surface area (Å²) in [6.07, 6.45) is 0.237. The number of benzene rings is 1. The number of carbonyl (C=O) groups is 1.